The maximum absolute atomic E-state index is 13.7. The van der Waals surface area contributed by atoms with Crippen molar-refractivity contribution < 1.29 is 4.39 Å². The van der Waals surface area contributed by atoms with E-state index in [0.717, 1.165) is 19.6 Å². The summed E-state index contributed by atoms with van der Waals surface area (Å²) in [5.41, 5.74) is 0.694. The molecule has 1 aromatic rings. The van der Waals surface area contributed by atoms with Crippen molar-refractivity contribution in [1.82, 2.24) is 5.32 Å². The maximum atomic E-state index is 13.7. The molecular formula is C15H25FN2. The van der Waals surface area contributed by atoms with Crippen LogP contribution < -0.4 is 10.2 Å². The third-order valence-electron chi connectivity index (χ3n) is 3.42. The minimum atomic E-state index is -0.142. The smallest absolute Gasteiger partial charge is 0.146 e. The van der Waals surface area contributed by atoms with Crippen molar-refractivity contribution in [2.75, 3.05) is 24.5 Å². The number of likely N-dealkylation sites (N-methyl/N-ethyl adjacent to an activating group) is 1. The van der Waals surface area contributed by atoms with Gasteiger partial charge in [0.15, 0.2) is 0 Å². The van der Waals surface area contributed by atoms with E-state index < -0.39 is 0 Å². The second-order valence-electron chi connectivity index (χ2n) is 5.02. The van der Waals surface area contributed by atoms with E-state index in [1.165, 1.54) is 6.07 Å². The summed E-state index contributed by atoms with van der Waals surface area (Å²) in [7, 11) is 0. The highest BCUT2D eigenvalue weighted by atomic mass is 19.1. The summed E-state index contributed by atoms with van der Waals surface area (Å²) in [6.07, 6.45) is 0. The predicted octanol–water partition coefficient (Wildman–Crippen LogP) is 3.29. The number of benzene rings is 1. The zero-order chi connectivity index (χ0) is 13.5. The van der Waals surface area contributed by atoms with Crippen molar-refractivity contribution in [2.45, 2.75) is 33.7 Å². The molecule has 1 rings (SSSR count). The standard InChI is InChI=1S/C15H25FN2/c1-5-18(11-10-17-13(4)12(2)3)15-9-7-6-8-14(15)16/h6-9,12-13,17H,5,10-11H2,1-4H3. The van der Waals surface area contributed by atoms with Gasteiger partial charge in [0, 0.05) is 25.7 Å². The van der Waals surface area contributed by atoms with E-state index in [1.807, 2.05) is 12.1 Å². The Hall–Kier alpha value is -1.09. The number of anilines is 1. The summed E-state index contributed by atoms with van der Waals surface area (Å²) < 4.78 is 13.7. The topological polar surface area (TPSA) is 15.3 Å². The average Bonchev–Trinajstić information content (AvgIpc) is 2.35. The zero-order valence-corrected chi connectivity index (χ0v) is 11.9. The van der Waals surface area contributed by atoms with Crippen LogP contribution in [-0.4, -0.2) is 25.7 Å². The second-order valence-corrected chi connectivity index (χ2v) is 5.02. The van der Waals surface area contributed by atoms with Crippen molar-refractivity contribution in [3.63, 3.8) is 0 Å². The van der Waals surface area contributed by atoms with E-state index in [0.29, 0.717) is 17.6 Å². The number of hydrogen-bond acceptors (Lipinski definition) is 2. The van der Waals surface area contributed by atoms with Crippen molar-refractivity contribution >= 4 is 5.69 Å². The largest absolute Gasteiger partial charge is 0.368 e. The molecule has 1 unspecified atom stereocenters. The van der Waals surface area contributed by atoms with Crippen LogP contribution in [0.15, 0.2) is 24.3 Å². The number of halogens is 1. The average molecular weight is 252 g/mol. The van der Waals surface area contributed by atoms with E-state index in [-0.39, 0.29) is 5.82 Å². The van der Waals surface area contributed by atoms with Gasteiger partial charge in [0.2, 0.25) is 0 Å². The third-order valence-corrected chi connectivity index (χ3v) is 3.42. The Kier molecular flexibility index (Phi) is 6.13. The van der Waals surface area contributed by atoms with Gasteiger partial charge < -0.3 is 10.2 Å². The molecule has 0 amide bonds. The third kappa shape index (κ3) is 4.30. The van der Waals surface area contributed by atoms with Crippen LogP contribution in [0.4, 0.5) is 10.1 Å². The van der Waals surface area contributed by atoms with Gasteiger partial charge in [-0.15, -0.1) is 0 Å². The number of hydrogen-bond donors (Lipinski definition) is 1. The van der Waals surface area contributed by atoms with Gasteiger partial charge in [0.1, 0.15) is 5.82 Å². The van der Waals surface area contributed by atoms with E-state index in [4.69, 9.17) is 0 Å². The molecule has 0 saturated heterocycles. The molecule has 18 heavy (non-hydrogen) atoms. The molecule has 3 heteroatoms. The first-order chi connectivity index (χ1) is 8.56. The molecule has 0 radical (unpaired) electrons. The highest BCUT2D eigenvalue weighted by Gasteiger charge is 2.10. The molecule has 1 aromatic carbocycles. The number of para-hydroxylation sites is 1. The van der Waals surface area contributed by atoms with E-state index in [1.54, 1.807) is 6.07 Å². The van der Waals surface area contributed by atoms with Crippen LogP contribution in [-0.2, 0) is 0 Å². The lowest BCUT2D eigenvalue weighted by molar-refractivity contribution is 0.429. The number of nitrogens with one attached hydrogen (secondary N) is 1. The van der Waals surface area contributed by atoms with Gasteiger partial charge >= 0.3 is 0 Å². The fourth-order valence-corrected chi connectivity index (χ4v) is 1.82. The zero-order valence-electron chi connectivity index (χ0n) is 11.9. The summed E-state index contributed by atoms with van der Waals surface area (Å²) in [6, 6.07) is 7.45. The van der Waals surface area contributed by atoms with Crippen LogP contribution in [0.1, 0.15) is 27.7 Å². The summed E-state index contributed by atoms with van der Waals surface area (Å²) in [6.45, 7) is 11.2. The molecule has 102 valence electrons. The lowest BCUT2D eigenvalue weighted by Crippen LogP contribution is -2.38. The van der Waals surface area contributed by atoms with Gasteiger partial charge in [-0.1, -0.05) is 26.0 Å². The Bertz CT molecular complexity index is 352. The maximum Gasteiger partial charge on any atom is 0.146 e. The fourth-order valence-electron chi connectivity index (χ4n) is 1.82. The molecule has 0 saturated carbocycles. The van der Waals surface area contributed by atoms with Crippen LogP contribution in [0.2, 0.25) is 0 Å². The first-order valence-electron chi connectivity index (χ1n) is 6.79. The van der Waals surface area contributed by atoms with E-state index in [2.05, 4.69) is 37.9 Å². The molecule has 1 atom stereocenters. The van der Waals surface area contributed by atoms with Crippen LogP contribution in [0, 0.1) is 11.7 Å². The van der Waals surface area contributed by atoms with Crippen LogP contribution in [0.25, 0.3) is 0 Å². The molecule has 0 aliphatic rings. The highest BCUT2D eigenvalue weighted by Crippen LogP contribution is 2.17. The van der Waals surface area contributed by atoms with E-state index >= 15 is 0 Å². The first-order valence-corrected chi connectivity index (χ1v) is 6.79. The Labute approximate surface area is 110 Å². The lowest BCUT2D eigenvalue weighted by atomic mass is 10.1. The van der Waals surface area contributed by atoms with Crippen molar-refractivity contribution in [2.24, 2.45) is 5.92 Å². The SMILES string of the molecule is CCN(CCNC(C)C(C)C)c1ccccc1F. The molecule has 0 heterocycles. The van der Waals surface area contributed by atoms with Gasteiger partial charge in [-0.3, -0.25) is 0 Å². The van der Waals surface area contributed by atoms with Gasteiger partial charge in [0.05, 0.1) is 5.69 Å². The Morgan fingerprint density at radius 3 is 2.44 bits per heavy atom. The fraction of sp³-hybridized carbons (Fsp3) is 0.600. The lowest BCUT2D eigenvalue weighted by Gasteiger charge is -2.25. The first kappa shape index (κ1) is 15.0. The van der Waals surface area contributed by atoms with E-state index in [9.17, 15) is 4.39 Å². The molecule has 0 bridgehead atoms. The number of rotatable bonds is 7. The van der Waals surface area contributed by atoms with Crippen molar-refractivity contribution in [1.29, 1.82) is 0 Å². The van der Waals surface area contributed by atoms with Gasteiger partial charge in [-0.05, 0) is 31.9 Å². The molecule has 1 N–H and O–H groups in total. The van der Waals surface area contributed by atoms with Gasteiger partial charge in [-0.2, -0.15) is 0 Å². The number of nitrogens with zero attached hydrogens (tertiary/aromatic N) is 1. The molecule has 0 aliphatic carbocycles. The monoisotopic (exact) mass is 252 g/mol. The summed E-state index contributed by atoms with van der Waals surface area (Å²) >= 11 is 0. The van der Waals surface area contributed by atoms with Crippen LogP contribution in [0.3, 0.4) is 0 Å². The summed E-state index contributed by atoms with van der Waals surface area (Å²) in [4.78, 5) is 2.06. The molecule has 0 aromatic heterocycles. The highest BCUT2D eigenvalue weighted by molar-refractivity contribution is 5.47. The Morgan fingerprint density at radius 1 is 1.22 bits per heavy atom. The van der Waals surface area contributed by atoms with Gasteiger partial charge in [0.25, 0.3) is 0 Å². The van der Waals surface area contributed by atoms with Gasteiger partial charge in [-0.25, -0.2) is 4.39 Å². The predicted molar refractivity (Wildman–Crippen MR) is 76.6 cm³/mol. The molecular weight excluding hydrogens is 227 g/mol. The molecule has 0 aliphatic heterocycles. The quantitative estimate of drug-likeness (QED) is 0.801. The summed E-state index contributed by atoms with van der Waals surface area (Å²) in [5.74, 6) is 0.477. The van der Waals surface area contributed by atoms with Crippen LogP contribution in [0.5, 0.6) is 0 Å². The molecule has 0 spiro atoms. The molecule has 0 fully saturated rings. The normalized spacial score (nSPS) is 12.8. The minimum absolute atomic E-state index is 0.142. The van der Waals surface area contributed by atoms with Crippen molar-refractivity contribution in [3.8, 4) is 0 Å². The Balaban J connectivity index is 2.51. The van der Waals surface area contributed by atoms with Crippen LogP contribution >= 0.6 is 0 Å². The minimum Gasteiger partial charge on any atom is -0.368 e. The Morgan fingerprint density at radius 2 is 1.89 bits per heavy atom. The van der Waals surface area contributed by atoms with Crippen molar-refractivity contribution in [3.05, 3.63) is 30.1 Å². The summed E-state index contributed by atoms with van der Waals surface area (Å²) in [5, 5.41) is 3.47. The molecule has 2 nitrogen and oxygen atoms in total. The second kappa shape index (κ2) is 7.37.